The molecule has 2 N–H and O–H groups in total. The lowest BCUT2D eigenvalue weighted by atomic mass is 10.1. The molecule has 1 aromatic carbocycles. The topological polar surface area (TPSA) is 36.4 Å². The Morgan fingerprint density at radius 2 is 1.87 bits per heavy atom. The van der Waals surface area contributed by atoms with Crippen molar-refractivity contribution in [3.63, 3.8) is 0 Å². The maximum atomic E-state index is 4.07. The Hall–Kier alpha value is -0.780. The van der Waals surface area contributed by atoms with Crippen LogP contribution in [0.1, 0.15) is 18.5 Å². The van der Waals surface area contributed by atoms with E-state index in [1.807, 2.05) is 25.2 Å². The maximum absolute atomic E-state index is 4.07. The number of nitrogens with one attached hydrogen (secondary N) is 2. The van der Waals surface area contributed by atoms with E-state index in [1.165, 1.54) is 5.56 Å². The molecule has 0 radical (unpaired) electrons. The second-order valence-electron chi connectivity index (χ2n) is 3.10. The van der Waals surface area contributed by atoms with Crippen molar-refractivity contribution in [2.45, 2.75) is 13.0 Å². The standard InChI is InChI=1S/C11H17N3.HI/c1-9(14-11(12-2)13-3)10-7-5-4-6-8-10;/h4-9H,1-3H3,(H2,12,13,14);1H. The van der Waals surface area contributed by atoms with Crippen molar-refractivity contribution in [1.29, 1.82) is 0 Å². The highest BCUT2D eigenvalue weighted by molar-refractivity contribution is 14.0. The van der Waals surface area contributed by atoms with Crippen LogP contribution in [0.25, 0.3) is 0 Å². The molecule has 0 saturated heterocycles. The molecule has 0 spiro atoms. The van der Waals surface area contributed by atoms with Gasteiger partial charge >= 0.3 is 0 Å². The van der Waals surface area contributed by atoms with Crippen molar-refractivity contribution >= 4 is 29.9 Å². The smallest absolute Gasteiger partial charge is 0.191 e. The fourth-order valence-electron chi connectivity index (χ4n) is 1.28. The van der Waals surface area contributed by atoms with Crippen molar-refractivity contribution in [2.75, 3.05) is 14.1 Å². The van der Waals surface area contributed by atoms with Crippen LogP contribution in [0.4, 0.5) is 0 Å². The van der Waals surface area contributed by atoms with Crippen molar-refractivity contribution in [2.24, 2.45) is 4.99 Å². The van der Waals surface area contributed by atoms with Gasteiger partial charge in [0.1, 0.15) is 0 Å². The van der Waals surface area contributed by atoms with Gasteiger partial charge in [0.15, 0.2) is 5.96 Å². The van der Waals surface area contributed by atoms with Gasteiger partial charge in [0.2, 0.25) is 0 Å². The van der Waals surface area contributed by atoms with E-state index >= 15 is 0 Å². The summed E-state index contributed by atoms with van der Waals surface area (Å²) in [5.41, 5.74) is 1.25. The second-order valence-corrected chi connectivity index (χ2v) is 3.10. The van der Waals surface area contributed by atoms with E-state index in [1.54, 1.807) is 7.05 Å². The van der Waals surface area contributed by atoms with Crippen molar-refractivity contribution in [3.05, 3.63) is 35.9 Å². The van der Waals surface area contributed by atoms with Crippen LogP contribution in [-0.4, -0.2) is 20.1 Å². The lowest BCUT2D eigenvalue weighted by molar-refractivity contribution is 0.699. The van der Waals surface area contributed by atoms with Gasteiger partial charge in [-0.15, -0.1) is 24.0 Å². The van der Waals surface area contributed by atoms with Crippen LogP contribution >= 0.6 is 24.0 Å². The van der Waals surface area contributed by atoms with Gasteiger partial charge in [-0.1, -0.05) is 30.3 Å². The molecular weight excluding hydrogens is 301 g/mol. The molecule has 0 aromatic heterocycles. The van der Waals surface area contributed by atoms with E-state index < -0.39 is 0 Å². The van der Waals surface area contributed by atoms with Crippen molar-refractivity contribution in [3.8, 4) is 0 Å². The molecule has 84 valence electrons. The molecule has 0 heterocycles. The lowest BCUT2D eigenvalue weighted by Crippen LogP contribution is -2.36. The predicted molar refractivity (Wildman–Crippen MR) is 75.8 cm³/mol. The van der Waals surface area contributed by atoms with Gasteiger partial charge < -0.3 is 10.6 Å². The van der Waals surface area contributed by atoms with Crippen molar-refractivity contribution in [1.82, 2.24) is 10.6 Å². The van der Waals surface area contributed by atoms with Gasteiger partial charge in [0.05, 0.1) is 6.04 Å². The number of aliphatic imine (C=N–C) groups is 1. The Kier molecular flexibility index (Phi) is 7.11. The molecule has 1 aromatic rings. The molecule has 0 saturated carbocycles. The molecule has 0 fully saturated rings. The number of nitrogens with zero attached hydrogens (tertiary/aromatic N) is 1. The van der Waals surface area contributed by atoms with Crippen LogP contribution < -0.4 is 10.6 Å². The highest BCUT2D eigenvalue weighted by atomic mass is 127. The van der Waals surface area contributed by atoms with Crippen LogP contribution in [-0.2, 0) is 0 Å². The average Bonchev–Trinajstić information content (AvgIpc) is 2.26. The van der Waals surface area contributed by atoms with Crippen LogP contribution in [0.3, 0.4) is 0 Å². The third-order valence-electron chi connectivity index (χ3n) is 2.11. The molecule has 0 bridgehead atoms. The molecule has 1 rings (SSSR count). The number of rotatable bonds is 2. The number of guanidine groups is 1. The first-order valence-electron chi connectivity index (χ1n) is 4.74. The quantitative estimate of drug-likeness (QED) is 0.498. The average molecular weight is 319 g/mol. The number of halogens is 1. The van der Waals surface area contributed by atoms with Gasteiger partial charge in [-0.2, -0.15) is 0 Å². The molecule has 3 nitrogen and oxygen atoms in total. The van der Waals surface area contributed by atoms with E-state index in [9.17, 15) is 0 Å². The molecule has 1 atom stereocenters. The summed E-state index contributed by atoms with van der Waals surface area (Å²) in [6.07, 6.45) is 0. The van der Waals surface area contributed by atoms with Crippen LogP contribution in [0, 0.1) is 0 Å². The summed E-state index contributed by atoms with van der Waals surface area (Å²) in [7, 11) is 3.61. The van der Waals surface area contributed by atoms with Gasteiger partial charge in [-0.3, -0.25) is 4.99 Å². The molecular formula is C11H18IN3. The van der Waals surface area contributed by atoms with E-state index in [4.69, 9.17) is 0 Å². The summed E-state index contributed by atoms with van der Waals surface area (Å²) >= 11 is 0. The van der Waals surface area contributed by atoms with E-state index in [0.29, 0.717) is 0 Å². The van der Waals surface area contributed by atoms with Crippen LogP contribution in [0.15, 0.2) is 35.3 Å². The molecule has 15 heavy (non-hydrogen) atoms. The zero-order chi connectivity index (χ0) is 10.4. The number of hydrogen-bond donors (Lipinski definition) is 2. The second kappa shape index (κ2) is 7.50. The van der Waals surface area contributed by atoms with Gasteiger partial charge in [-0.25, -0.2) is 0 Å². The maximum Gasteiger partial charge on any atom is 0.191 e. The Morgan fingerprint density at radius 3 is 2.33 bits per heavy atom. The largest absolute Gasteiger partial charge is 0.359 e. The Bertz CT molecular complexity index is 298. The summed E-state index contributed by atoms with van der Waals surface area (Å²) in [6, 6.07) is 10.6. The number of benzene rings is 1. The van der Waals surface area contributed by atoms with E-state index in [2.05, 4.69) is 34.7 Å². The first-order valence-corrected chi connectivity index (χ1v) is 4.74. The monoisotopic (exact) mass is 319 g/mol. The predicted octanol–water partition coefficient (Wildman–Crippen LogP) is 2.16. The third kappa shape index (κ3) is 4.51. The minimum Gasteiger partial charge on any atom is -0.359 e. The first kappa shape index (κ1) is 14.2. The Morgan fingerprint density at radius 1 is 1.27 bits per heavy atom. The summed E-state index contributed by atoms with van der Waals surface area (Å²) in [5.74, 6) is 0.807. The summed E-state index contributed by atoms with van der Waals surface area (Å²) < 4.78 is 0. The summed E-state index contributed by atoms with van der Waals surface area (Å²) in [5, 5.41) is 6.26. The fraction of sp³-hybridized carbons (Fsp3) is 0.364. The highest BCUT2D eigenvalue weighted by Gasteiger charge is 2.04. The Labute approximate surface area is 108 Å². The van der Waals surface area contributed by atoms with Crippen LogP contribution in [0.5, 0.6) is 0 Å². The first-order chi connectivity index (χ1) is 6.77. The SMILES string of the molecule is CN=C(NC)NC(C)c1ccccc1.I. The molecule has 4 heteroatoms. The fourth-order valence-corrected chi connectivity index (χ4v) is 1.28. The molecule has 0 aliphatic rings. The zero-order valence-corrected chi connectivity index (χ0v) is 11.6. The van der Waals surface area contributed by atoms with Gasteiger partial charge in [-0.05, 0) is 12.5 Å². The highest BCUT2D eigenvalue weighted by Crippen LogP contribution is 2.10. The third-order valence-corrected chi connectivity index (χ3v) is 2.11. The van der Waals surface area contributed by atoms with Gasteiger partial charge in [0, 0.05) is 14.1 Å². The minimum atomic E-state index is 0. The Balaban J connectivity index is 0.00000196. The molecule has 1 unspecified atom stereocenters. The van der Waals surface area contributed by atoms with Crippen molar-refractivity contribution < 1.29 is 0 Å². The van der Waals surface area contributed by atoms with Crippen LogP contribution in [0.2, 0.25) is 0 Å². The number of hydrogen-bond acceptors (Lipinski definition) is 1. The lowest BCUT2D eigenvalue weighted by Gasteiger charge is -2.16. The van der Waals surface area contributed by atoms with E-state index in [-0.39, 0.29) is 30.0 Å². The normalized spacial score (nSPS) is 12.6. The molecule has 0 amide bonds. The molecule has 0 aliphatic carbocycles. The summed E-state index contributed by atoms with van der Waals surface area (Å²) in [4.78, 5) is 4.07. The zero-order valence-electron chi connectivity index (χ0n) is 9.32. The van der Waals surface area contributed by atoms with E-state index in [0.717, 1.165) is 5.96 Å². The summed E-state index contributed by atoms with van der Waals surface area (Å²) in [6.45, 7) is 2.11. The van der Waals surface area contributed by atoms with Gasteiger partial charge in [0.25, 0.3) is 0 Å². The minimum absolute atomic E-state index is 0. The molecule has 0 aliphatic heterocycles.